The molecule has 1 N–H and O–H groups in total. The zero-order chi connectivity index (χ0) is 13.8. The summed E-state index contributed by atoms with van der Waals surface area (Å²) in [5, 5.41) is 11.9. The lowest BCUT2D eigenvalue weighted by Gasteiger charge is -2.09. The molecule has 0 saturated heterocycles. The van der Waals surface area contributed by atoms with E-state index < -0.39 is 0 Å². The van der Waals surface area contributed by atoms with Crippen molar-refractivity contribution in [3.63, 3.8) is 0 Å². The van der Waals surface area contributed by atoms with Gasteiger partial charge in [0, 0.05) is 19.0 Å². The van der Waals surface area contributed by atoms with Crippen LogP contribution in [0.2, 0.25) is 0 Å². The topological polar surface area (TPSA) is 64.9 Å². The van der Waals surface area contributed by atoms with Crippen LogP contribution in [0.25, 0.3) is 0 Å². The first-order chi connectivity index (χ1) is 9.86. The van der Waals surface area contributed by atoms with Crippen molar-refractivity contribution in [3.05, 3.63) is 30.0 Å². The van der Waals surface area contributed by atoms with Gasteiger partial charge in [-0.15, -0.1) is 10.2 Å². The minimum Gasteiger partial charge on any atom is -0.481 e. The molecule has 0 radical (unpaired) electrons. The van der Waals surface area contributed by atoms with Crippen molar-refractivity contribution in [2.75, 3.05) is 12.4 Å². The molecule has 2 aromatic rings. The van der Waals surface area contributed by atoms with Crippen LogP contribution in [0.1, 0.15) is 30.9 Å². The van der Waals surface area contributed by atoms with E-state index >= 15 is 0 Å². The van der Waals surface area contributed by atoms with E-state index in [0.717, 1.165) is 30.3 Å². The molecule has 1 aliphatic rings. The first-order valence-corrected chi connectivity index (χ1v) is 7.01. The number of anilines is 1. The molecule has 0 amide bonds. The van der Waals surface area contributed by atoms with E-state index in [1.807, 2.05) is 12.1 Å². The maximum absolute atomic E-state index is 5.04. The number of hydrogen-bond acceptors (Lipinski definition) is 5. The lowest BCUT2D eigenvalue weighted by atomic mass is 10.2. The van der Waals surface area contributed by atoms with Gasteiger partial charge in [-0.05, 0) is 18.9 Å². The summed E-state index contributed by atoms with van der Waals surface area (Å²) in [4.78, 5) is 4.17. The highest BCUT2D eigenvalue weighted by atomic mass is 16.5. The highest BCUT2D eigenvalue weighted by Gasteiger charge is 2.14. The van der Waals surface area contributed by atoms with Crippen LogP contribution in [0.15, 0.2) is 18.3 Å². The Hall–Kier alpha value is -2.11. The number of methoxy groups -OCH3 is 1. The molecule has 1 aliphatic heterocycles. The fourth-order valence-corrected chi connectivity index (χ4v) is 2.46. The standard InChI is InChI=1S/C14H19N5O/c1-20-14-7-6-11(9-16-14)15-10-13-18-17-12-5-3-2-4-8-19(12)13/h6-7,9,15H,2-5,8,10H2,1H3. The summed E-state index contributed by atoms with van der Waals surface area (Å²) in [6, 6.07) is 3.79. The molecule has 3 heterocycles. The van der Waals surface area contributed by atoms with Gasteiger partial charge >= 0.3 is 0 Å². The summed E-state index contributed by atoms with van der Waals surface area (Å²) in [6.45, 7) is 1.70. The van der Waals surface area contributed by atoms with Crippen molar-refractivity contribution in [2.24, 2.45) is 0 Å². The molecule has 0 aliphatic carbocycles. The van der Waals surface area contributed by atoms with Crippen LogP contribution in [-0.4, -0.2) is 26.9 Å². The maximum atomic E-state index is 5.04. The quantitative estimate of drug-likeness (QED) is 0.923. The summed E-state index contributed by atoms with van der Waals surface area (Å²) in [5.41, 5.74) is 0.955. The van der Waals surface area contributed by atoms with Gasteiger partial charge in [-0.3, -0.25) is 0 Å². The number of rotatable bonds is 4. The average molecular weight is 273 g/mol. The summed E-state index contributed by atoms with van der Waals surface area (Å²) in [6.07, 6.45) is 6.50. The van der Waals surface area contributed by atoms with Crippen LogP contribution in [0.5, 0.6) is 5.88 Å². The molecular weight excluding hydrogens is 254 g/mol. The first-order valence-electron chi connectivity index (χ1n) is 7.01. The predicted molar refractivity (Wildman–Crippen MR) is 75.7 cm³/mol. The van der Waals surface area contributed by atoms with E-state index in [1.165, 1.54) is 19.3 Å². The Bertz CT molecular complexity index is 563. The minimum atomic E-state index is 0.617. The average Bonchev–Trinajstić information content (AvgIpc) is 2.72. The number of nitrogens with one attached hydrogen (secondary N) is 1. The maximum Gasteiger partial charge on any atom is 0.213 e. The first kappa shape index (κ1) is 12.9. The second-order valence-electron chi connectivity index (χ2n) is 4.94. The Labute approximate surface area is 118 Å². The number of fused-ring (bicyclic) bond motifs is 1. The Morgan fingerprint density at radius 2 is 2.20 bits per heavy atom. The van der Waals surface area contributed by atoms with E-state index in [2.05, 4.69) is 25.1 Å². The van der Waals surface area contributed by atoms with Crippen molar-refractivity contribution in [2.45, 2.75) is 38.8 Å². The monoisotopic (exact) mass is 273 g/mol. The van der Waals surface area contributed by atoms with Crippen molar-refractivity contribution in [1.82, 2.24) is 19.7 Å². The molecule has 3 rings (SSSR count). The van der Waals surface area contributed by atoms with Crippen LogP contribution >= 0.6 is 0 Å². The van der Waals surface area contributed by atoms with E-state index in [9.17, 15) is 0 Å². The third-order valence-corrected chi connectivity index (χ3v) is 3.58. The SMILES string of the molecule is COc1ccc(NCc2nnc3n2CCCCC3)cn1. The smallest absolute Gasteiger partial charge is 0.213 e. The molecule has 0 unspecified atom stereocenters. The highest BCUT2D eigenvalue weighted by Crippen LogP contribution is 2.16. The number of aromatic nitrogens is 4. The summed E-state index contributed by atoms with van der Waals surface area (Å²) < 4.78 is 7.29. The molecule has 6 heteroatoms. The number of ether oxygens (including phenoxy) is 1. The van der Waals surface area contributed by atoms with Crippen LogP contribution in [0.4, 0.5) is 5.69 Å². The van der Waals surface area contributed by atoms with Gasteiger partial charge in [0.05, 0.1) is 25.5 Å². The van der Waals surface area contributed by atoms with E-state index in [4.69, 9.17) is 4.74 Å². The van der Waals surface area contributed by atoms with Gasteiger partial charge in [0.1, 0.15) is 5.82 Å². The summed E-state index contributed by atoms with van der Waals surface area (Å²) >= 11 is 0. The van der Waals surface area contributed by atoms with Crippen LogP contribution in [0.3, 0.4) is 0 Å². The second kappa shape index (κ2) is 5.90. The molecule has 20 heavy (non-hydrogen) atoms. The van der Waals surface area contributed by atoms with Gasteiger partial charge in [-0.1, -0.05) is 6.42 Å². The molecule has 2 aromatic heterocycles. The number of aryl methyl sites for hydroxylation is 1. The van der Waals surface area contributed by atoms with Crippen LogP contribution in [0, 0.1) is 0 Å². The molecule has 0 atom stereocenters. The third-order valence-electron chi connectivity index (χ3n) is 3.58. The number of pyridine rings is 1. The van der Waals surface area contributed by atoms with Gasteiger partial charge in [0.2, 0.25) is 5.88 Å². The van der Waals surface area contributed by atoms with Crippen LogP contribution in [-0.2, 0) is 19.5 Å². The van der Waals surface area contributed by atoms with Gasteiger partial charge in [0.15, 0.2) is 5.82 Å². The van der Waals surface area contributed by atoms with Gasteiger partial charge in [-0.25, -0.2) is 4.98 Å². The molecule has 0 aromatic carbocycles. The van der Waals surface area contributed by atoms with E-state index in [0.29, 0.717) is 12.4 Å². The normalized spacial score (nSPS) is 14.4. The predicted octanol–water partition coefficient (Wildman–Crippen LogP) is 2.02. The lowest BCUT2D eigenvalue weighted by Crippen LogP contribution is -2.10. The fourth-order valence-electron chi connectivity index (χ4n) is 2.46. The largest absolute Gasteiger partial charge is 0.481 e. The summed E-state index contributed by atoms with van der Waals surface area (Å²) in [7, 11) is 1.61. The van der Waals surface area contributed by atoms with Gasteiger partial charge < -0.3 is 14.6 Å². The van der Waals surface area contributed by atoms with Crippen molar-refractivity contribution >= 4 is 5.69 Å². The minimum absolute atomic E-state index is 0.617. The second-order valence-corrected chi connectivity index (χ2v) is 4.94. The molecular formula is C14H19N5O. The van der Waals surface area contributed by atoms with Crippen molar-refractivity contribution in [3.8, 4) is 5.88 Å². The molecule has 0 spiro atoms. The molecule has 106 valence electrons. The molecule has 0 bridgehead atoms. The Kier molecular flexibility index (Phi) is 3.80. The zero-order valence-corrected chi connectivity index (χ0v) is 11.7. The number of hydrogen-bond donors (Lipinski definition) is 1. The van der Waals surface area contributed by atoms with Gasteiger partial charge in [0.25, 0.3) is 0 Å². The van der Waals surface area contributed by atoms with E-state index in [1.54, 1.807) is 13.3 Å². The molecule has 0 saturated carbocycles. The van der Waals surface area contributed by atoms with Crippen molar-refractivity contribution in [1.29, 1.82) is 0 Å². The molecule has 6 nitrogen and oxygen atoms in total. The zero-order valence-electron chi connectivity index (χ0n) is 11.7. The third kappa shape index (κ3) is 2.74. The van der Waals surface area contributed by atoms with E-state index in [-0.39, 0.29) is 0 Å². The number of nitrogens with zero attached hydrogens (tertiary/aromatic N) is 4. The van der Waals surface area contributed by atoms with Crippen molar-refractivity contribution < 1.29 is 4.74 Å². The molecule has 0 fully saturated rings. The summed E-state index contributed by atoms with van der Waals surface area (Å²) in [5.74, 6) is 2.73. The lowest BCUT2D eigenvalue weighted by molar-refractivity contribution is 0.398. The Morgan fingerprint density at radius 3 is 3.00 bits per heavy atom. The Morgan fingerprint density at radius 1 is 1.25 bits per heavy atom. The highest BCUT2D eigenvalue weighted by molar-refractivity contribution is 5.42. The Balaban J connectivity index is 1.67. The van der Waals surface area contributed by atoms with Gasteiger partial charge in [-0.2, -0.15) is 0 Å². The fraction of sp³-hybridized carbons (Fsp3) is 0.500. The van der Waals surface area contributed by atoms with Crippen LogP contribution < -0.4 is 10.1 Å².